The second kappa shape index (κ2) is 15.5. The Balaban J connectivity index is 0.00000115. The van der Waals surface area contributed by atoms with Gasteiger partial charge >= 0.3 is 0 Å². The summed E-state index contributed by atoms with van der Waals surface area (Å²) in [4.78, 5) is 21.4. The Morgan fingerprint density at radius 3 is 2.43 bits per heavy atom. The minimum Gasteiger partial charge on any atom is -0.494 e. The van der Waals surface area contributed by atoms with Gasteiger partial charge in [0.05, 0.1) is 25.5 Å². The van der Waals surface area contributed by atoms with Gasteiger partial charge in [-0.05, 0) is 55.1 Å². The van der Waals surface area contributed by atoms with E-state index in [4.69, 9.17) is 21.1 Å². The molecule has 3 aromatic heterocycles. The fraction of sp³-hybridized carbons (Fsp3) is 0.519. The molecule has 0 atom stereocenters. The van der Waals surface area contributed by atoms with Crippen LogP contribution < -0.4 is 14.8 Å². The zero-order chi connectivity index (χ0) is 27.4. The summed E-state index contributed by atoms with van der Waals surface area (Å²) in [6.07, 6.45) is 7.88. The van der Waals surface area contributed by atoms with Gasteiger partial charge in [0.2, 0.25) is 5.13 Å². The van der Waals surface area contributed by atoms with Gasteiger partial charge < -0.3 is 9.47 Å². The zero-order valence-electron chi connectivity index (χ0n) is 22.8. The monoisotopic (exact) mass is 547 g/mol. The Morgan fingerprint density at radius 1 is 1.05 bits per heavy atom. The van der Waals surface area contributed by atoms with Gasteiger partial charge in [-0.1, -0.05) is 64.2 Å². The first-order chi connectivity index (χ1) is 17.9. The van der Waals surface area contributed by atoms with E-state index in [0.29, 0.717) is 50.4 Å². The van der Waals surface area contributed by atoms with Crippen LogP contribution in [0.4, 0.5) is 5.13 Å². The van der Waals surface area contributed by atoms with E-state index >= 15 is 0 Å². The average molecular weight is 548 g/mol. The van der Waals surface area contributed by atoms with E-state index in [0.717, 1.165) is 11.6 Å². The fourth-order valence-electron chi connectivity index (χ4n) is 3.92. The van der Waals surface area contributed by atoms with Crippen LogP contribution in [0, 0.1) is 18.8 Å². The predicted octanol–water partition coefficient (Wildman–Crippen LogP) is 7.48. The van der Waals surface area contributed by atoms with Crippen LogP contribution in [0.25, 0.3) is 11.1 Å². The van der Waals surface area contributed by atoms with E-state index in [-0.39, 0.29) is 5.91 Å². The van der Waals surface area contributed by atoms with Gasteiger partial charge in [0.1, 0.15) is 10.9 Å². The number of nitrogens with one attached hydrogen (secondary N) is 1. The number of methoxy groups -OCH3 is 1. The average Bonchev–Trinajstić information content (AvgIpc) is 3.37. The summed E-state index contributed by atoms with van der Waals surface area (Å²) in [5, 5.41) is 12.0. The number of pyridine rings is 2. The Labute approximate surface area is 229 Å². The van der Waals surface area contributed by atoms with Crippen LogP contribution in [0.1, 0.15) is 76.4 Å². The molecular weight excluding hydrogens is 510 g/mol. The number of hydrogen-bond acceptors (Lipinski definition) is 8. The summed E-state index contributed by atoms with van der Waals surface area (Å²) in [7, 11) is 1.54. The number of aromatic nitrogens is 4. The van der Waals surface area contributed by atoms with E-state index in [9.17, 15) is 4.79 Å². The Kier molecular flexibility index (Phi) is 12.7. The van der Waals surface area contributed by atoms with E-state index in [1.54, 1.807) is 13.2 Å². The van der Waals surface area contributed by atoms with Crippen LogP contribution in [-0.2, 0) is 0 Å². The van der Waals surface area contributed by atoms with Crippen molar-refractivity contribution < 1.29 is 14.3 Å². The molecule has 1 amide bonds. The van der Waals surface area contributed by atoms with Gasteiger partial charge in [0, 0.05) is 23.0 Å². The molecule has 0 saturated heterocycles. The Morgan fingerprint density at radius 2 is 1.76 bits per heavy atom. The molecule has 0 radical (unpaired) electrons. The first kappa shape index (κ1) is 30.4. The topological polar surface area (TPSA) is 99.1 Å². The highest BCUT2D eigenvalue weighted by Crippen LogP contribution is 2.35. The number of carbonyl (C=O) groups is 1. The molecular formula is C27H38ClN5O3S. The number of anilines is 1. The molecule has 0 aromatic carbocycles. The molecule has 1 aliphatic carbocycles. The third-order valence-corrected chi connectivity index (χ3v) is 6.79. The number of carbonyl (C=O) groups excluding carboxylic acids is 1. The molecule has 0 aliphatic heterocycles. The van der Waals surface area contributed by atoms with Crippen molar-refractivity contribution in [2.24, 2.45) is 11.8 Å². The number of ether oxygens (including phenoxy) is 2. The molecule has 1 fully saturated rings. The lowest BCUT2D eigenvalue weighted by Crippen LogP contribution is -2.18. The largest absolute Gasteiger partial charge is 0.494 e. The van der Waals surface area contributed by atoms with Gasteiger partial charge in [-0.15, -0.1) is 5.10 Å². The van der Waals surface area contributed by atoms with Crippen LogP contribution in [0.2, 0.25) is 5.15 Å². The Bertz CT molecular complexity index is 1130. The third kappa shape index (κ3) is 8.64. The lowest BCUT2D eigenvalue weighted by atomic mass is 9.83. The highest BCUT2D eigenvalue weighted by molar-refractivity contribution is 7.17. The van der Waals surface area contributed by atoms with E-state index < -0.39 is 0 Å². The van der Waals surface area contributed by atoms with Crippen LogP contribution >= 0.6 is 22.9 Å². The first-order valence-electron chi connectivity index (χ1n) is 12.9. The van der Waals surface area contributed by atoms with Crippen molar-refractivity contribution >= 4 is 34.0 Å². The molecule has 3 heterocycles. The van der Waals surface area contributed by atoms with Crippen molar-refractivity contribution in [1.29, 1.82) is 0 Å². The van der Waals surface area contributed by atoms with Crippen LogP contribution in [0.5, 0.6) is 10.9 Å². The van der Waals surface area contributed by atoms with Crippen LogP contribution in [-0.4, -0.2) is 39.8 Å². The first-order valence-corrected chi connectivity index (χ1v) is 14.1. The predicted molar refractivity (Wildman–Crippen MR) is 151 cm³/mol. The molecule has 1 aliphatic rings. The second-order valence-corrected chi connectivity index (χ2v) is 9.67. The maximum Gasteiger partial charge on any atom is 0.295 e. The van der Waals surface area contributed by atoms with Gasteiger partial charge in [0.25, 0.3) is 11.1 Å². The summed E-state index contributed by atoms with van der Waals surface area (Å²) < 4.78 is 11.3. The smallest absolute Gasteiger partial charge is 0.295 e. The summed E-state index contributed by atoms with van der Waals surface area (Å²) >= 11 is 7.31. The minimum absolute atomic E-state index is 0.296. The molecule has 8 nitrogen and oxygen atoms in total. The quantitative estimate of drug-likeness (QED) is 0.306. The van der Waals surface area contributed by atoms with E-state index in [2.05, 4.69) is 32.4 Å². The van der Waals surface area contributed by atoms with Gasteiger partial charge in [-0.3, -0.25) is 15.1 Å². The van der Waals surface area contributed by atoms with Crippen molar-refractivity contribution in [3.8, 4) is 22.1 Å². The third-order valence-electron chi connectivity index (χ3n) is 5.83. The molecule has 0 bridgehead atoms. The highest BCUT2D eigenvalue weighted by atomic mass is 35.5. The van der Waals surface area contributed by atoms with E-state index in [1.807, 2.05) is 40.7 Å². The zero-order valence-corrected chi connectivity index (χ0v) is 24.4. The van der Waals surface area contributed by atoms with Gasteiger partial charge in [0.15, 0.2) is 0 Å². The van der Waals surface area contributed by atoms with E-state index in [1.165, 1.54) is 49.4 Å². The van der Waals surface area contributed by atoms with Crippen LogP contribution in [0.15, 0.2) is 24.5 Å². The SMILES string of the molecule is CC.CC.COc1cnc(Cl)cc1-c1cc(C)ncc1C(=O)Nc1nnc(OCC2CCC(C)CC2)s1. The molecule has 202 valence electrons. The highest BCUT2D eigenvalue weighted by Gasteiger charge is 2.21. The number of rotatable bonds is 7. The molecule has 10 heteroatoms. The van der Waals surface area contributed by atoms with Crippen molar-refractivity contribution in [2.45, 2.75) is 67.2 Å². The molecule has 1 saturated carbocycles. The minimum atomic E-state index is -0.364. The number of amides is 1. The maximum atomic E-state index is 13.1. The van der Waals surface area contributed by atoms with Gasteiger partial charge in [-0.2, -0.15) is 0 Å². The van der Waals surface area contributed by atoms with Crippen molar-refractivity contribution in [3.63, 3.8) is 0 Å². The molecule has 37 heavy (non-hydrogen) atoms. The van der Waals surface area contributed by atoms with Crippen molar-refractivity contribution in [2.75, 3.05) is 19.0 Å². The summed E-state index contributed by atoms with van der Waals surface area (Å²) in [6.45, 7) is 12.8. The summed E-state index contributed by atoms with van der Waals surface area (Å²) in [5.74, 6) is 1.49. The van der Waals surface area contributed by atoms with Crippen molar-refractivity contribution in [3.05, 3.63) is 40.9 Å². The number of hydrogen-bond donors (Lipinski definition) is 1. The lowest BCUT2D eigenvalue weighted by Gasteiger charge is -2.25. The lowest BCUT2D eigenvalue weighted by molar-refractivity contribution is 0.102. The molecule has 1 N–H and O–H groups in total. The number of aryl methyl sites for hydroxylation is 1. The molecule has 3 aromatic rings. The second-order valence-electron chi connectivity index (χ2n) is 8.34. The van der Waals surface area contributed by atoms with Crippen LogP contribution in [0.3, 0.4) is 0 Å². The maximum absolute atomic E-state index is 13.1. The van der Waals surface area contributed by atoms with Gasteiger partial charge in [-0.25, -0.2) is 4.98 Å². The molecule has 0 unspecified atom stereocenters. The number of nitrogens with zero attached hydrogens (tertiary/aromatic N) is 4. The molecule has 0 spiro atoms. The van der Waals surface area contributed by atoms with Crippen molar-refractivity contribution in [1.82, 2.24) is 20.2 Å². The number of halogens is 1. The summed E-state index contributed by atoms with van der Waals surface area (Å²) in [5.41, 5.74) is 2.39. The molecule has 4 rings (SSSR count). The standard InChI is InChI=1S/C23H26ClN5O3S.2C2H6/c1-13-4-6-15(7-5-13)12-32-23-29-28-22(33-23)27-21(30)18-10-25-14(2)8-16(18)17-9-20(24)26-11-19(17)31-3;2*1-2/h8-11,13,15H,4-7,12H2,1-3H3,(H,27,28,30);2*1-2H3. The fourth-order valence-corrected chi connectivity index (χ4v) is 4.68. The summed E-state index contributed by atoms with van der Waals surface area (Å²) in [6, 6.07) is 3.47. The Hall–Kier alpha value is -2.78. The normalized spacial score (nSPS) is 16.4.